The lowest BCUT2D eigenvalue weighted by Gasteiger charge is -2.29. The van der Waals surface area contributed by atoms with Crippen molar-refractivity contribution in [3.63, 3.8) is 0 Å². The number of nitrogens with one attached hydrogen (secondary N) is 1. The normalized spacial score (nSPS) is 15.1. The third-order valence-electron chi connectivity index (χ3n) is 3.95. The molecule has 0 spiro atoms. The van der Waals surface area contributed by atoms with Crippen LogP contribution in [0.15, 0.2) is 41.6 Å². The third kappa shape index (κ3) is 11.9. The van der Waals surface area contributed by atoms with Crippen LogP contribution >= 0.6 is 11.3 Å². The van der Waals surface area contributed by atoms with E-state index in [1.165, 1.54) is 23.3 Å². The second-order valence-electron chi connectivity index (χ2n) is 6.66. The van der Waals surface area contributed by atoms with E-state index in [-0.39, 0.29) is 18.2 Å². The van der Waals surface area contributed by atoms with Crippen LogP contribution in [0.1, 0.15) is 75.4 Å². The fourth-order valence-corrected chi connectivity index (χ4v) is 3.68. The molecule has 30 heavy (non-hydrogen) atoms. The maximum atomic E-state index is 12.5. The van der Waals surface area contributed by atoms with Gasteiger partial charge < -0.3 is 9.74 Å². The molecule has 172 valence electrons. The molecule has 1 saturated heterocycles. The number of hydrogen-bond donors (Lipinski definition) is 1. The molecule has 6 heteroatoms. The second-order valence-corrected chi connectivity index (χ2v) is 7.95. The van der Waals surface area contributed by atoms with Crippen LogP contribution in [-0.4, -0.2) is 43.4 Å². The molecule has 2 atom stereocenters. The van der Waals surface area contributed by atoms with Crippen molar-refractivity contribution in [3.8, 4) is 0 Å². The molecule has 0 bridgehead atoms. The van der Waals surface area contributed by atoms with Gasteiger partial charge in [-0.25, -0.2) is 0 Å². The first-order chi connectivity index (χ1) is 14.4. The van der Waals surface area contributed by atoms with E-state index in [2.05, 4.69) is 50.6 Å². The van der Waals surface area contributed by atoms with Crippen LogP contribution in [0.4, 0.5) is 0 Å². The van der Waals surface area contributed by atoms with E-state index in [4.69, 9.17) is 4.84 Å². The summed E-state index contributed by atoms with van der Waals surface area (Å²) < 4.78 is 0. The molecule has 2 rings (SSSR count). The zero-order valence-corrected chi connectivity index (χ0v) is 21.1. The number of hydrogen-bond acceptors (Lipinski definition) is 5. The average molecular weight is 438 g/mol. The van der Waals surface area contributed by atoms with Crippen LogP contribution in [0, 0.1) is 6.92 Å². The van der Waals surface area contributed by atoms with Crippen molar-refractivity contribution in [1.29, 1.82) is 0 Å². The monoisotopic (exact) mass is 437 g/mol. The van der Waals surface area contributed by atoms with Gasteiger partial charge in [0, 0.05) is 18.1 Å². The molecule has 2 heterocycles. The Labute approximate surface area is 188 Å². The highest BCUT2D eigenvalue weighted by Crippen LogP contribution is 2.26. The van der Waals surface area contributed by atoms with Crippen LogP contribution < -0.4 is 5.32 Å². The summed E-state index contributed by atoms with van der Waals surface area (Å²) in [6, 6.07) is 3.87. The summed E-state index contributed by atoms with van der Waals surface area (Å²) >= 11 is 1.53. The molecule has 2 unspecified atom stereocenters. The molecule has 1 aliphatic rings. The summed E-state index contributed by atoms with van der Waals surface area (Å²) in [5.41, 5.74) is 1.41. The predicted octanol–water partition coefficient (Wildman–Crippen LogP) is 6.42. The predicted molar refractivity (Wildman–Crippen MR) is 134 cm³/mol. The highest BCUT2D eigenvalue weighted by molar-refractivity contribution is 7.13. The number of carbonyl (C=O) groups is 1. The Morgan fingerprint density at radius 1 is 1.43 bits per heavy atom. The maximum Gasteiger partial charge on any atom is 0.264 e. The number of thiophene rings is 1. The Balaban J connectivity index is 0. The quantitative estimate of drug-likeness (QED) is 0.242. The molecule has 0 radical (unpaired) electrons. The zero-order valence-electron chi connectivity index (χ0n) is 20.3. The van der Waals surface area contributed by atoms with E-state index in [0.717, 1.165) is 29.1 Å². The van der Waals surface area contributed by atoms with Gasteiger partial charge in [0.05, 0.1) is 10.9 Å². The summed E-state index contributed by atoms with van der Waals surface area (Å²) in [7, 11) is 1.80. The van der Waals surface area contributed by atoms with Crippen molar-refractivity contribution >= 4 is 24.0 Å². The van der Waals surface area contributed by atoms with Crippen molar-refractivity contribution in [1.82, 2.24) is 10.2 Å². The summed E-state index contributed by atoms with van der Waals surface area (Å²) in [5, 5.41) is 6.51. The Morgan fingerprint density at radius 2 is 2.03 bits per heavy atom. The summed E-state index contributed by atoms with van der Waals surface area (Å²) in [5.74, 6) is 0.0773. The Bertz CT molecular complexity index is 622. The molecule has 1 aromatic heterocycles. The lowest BCUT2D eigenvalue weighted by Crippen LogP contribution is -2.48. The van der Waals surface area contributed by atoms with Crippen molar-refractivity contribution < 1.29 is 9.63 Å². The number of carbonyl (C=O) groups excluding carboxylic acids is 1. The SMILES string of the molecule is C=CC.C=NOC(NC)C1CCCN1C(=O)c1ccc(C)s1.CC.CCC=C(C)C. The maximum absolute atomic E-state index is 12.5. The van der Waals surface area contributed by atoms with Crippen molar-refractivity contribution in [2.24, 2.45) is 5.16 Å². The number of nitrogens with zero attached hydrogens (tertiary/aromatic N) is 2. The lowest BCUT2D eigenvalue weighted by atomic mass is 10.2. The van der Waals surface area contributed by atoms with Gasteiger partial charge in [0.1, 0.15) is 0 Å². The average Bonchev–Trinajstić information content (AvgIpc) is 3.37. The van der Waals surface area contributed by atoms with Crippen molar-refractivity contribution in [3.05, 3.63) is 46.2 Å². The minimum atomic E-state index is -0.301. The fraction of sp³-hybridized carbons (Fsp3) is 0.583. The zero-order chi connectivity index (χ0) is 23.5. The first-order valence-corrected chi connectivity index (χ1v) is 11.5. The highest BCUT2D eigenvalue weighted by Gasteiger charge is 2.36. The fourth-order valence-electron chi connectivity index (χ4n) is 2.85. The number of likely N-dealkylation sites (N-methyl/N-ethyl adjacent to an activating group) is 1. The van der Waals surface area contributed by atoms with Gasteiger partial charge in [-0.2, -0.15) is 0 Å². The number of likely N-dealkylation sites (tertiary alicyclic amines) is 1. The second kappa shape index (κ2) is 19.1. The molecule has 0 aliphatic carbocycles. The van der Waals surface area contributed by atoms with Gasteiger partial charge in [0.2, 0.25) is 0 Å². The van der Waals surface area contributed by atoms with Crippen molar-refractivity contribution in [2.45, 2.75) is 80.0 Å². The van der Waals surface area contributed by atoms with Gasteiger partial charge >= 0.3 is 0 Å². The van der Waals surface area contributed by atoms with E-state index < -0.39 is 0 Å². The largest absolute Gasteiger partial charge is 0.375 e. The van der Waals surface area contributed by atoms with E-state index in [9.17, 15) is 4.79 Å². The number of amides is 1. The Hall–Kier alpha value is -1.92. The lowest BCUT2D eigenvalue weighted by molar-refractivity contribution is -0.0106. The number of oxime groups is 1. The molecule has 1 aliphatic heterocycles. The molecule has 1 N–H and O–H groups in total. The third-order valence-corrected chi connectivity index (χ3v) is 4.93. The van der Waals surface area contributed by atoms with Gasteiger partial charge in [-0.15, -0.1) is 23.1 Å². The van der Waals surface area contributed by atoms with Crippen molar-refractivity contribution in [2.75, 3.05) is 13.6 Å². The van der Waals surface area contributed by atoms with Crippen LogP contribution in [0.2, 0.25) is 0 Å². The minimum absolute atomic E-state index is 0.00501. The Kier molecular flexibility index (Phi) is 19.2. The first kappa shape index (κ1) is 30.3. The van der Waals surface area contributed by atoms with E-state index in [0.29, 0.717) is 0 Å². The van der Waals surface area contributed by atoms with Crippen LogP contribution in [0.25, 0.3) is 0 Å². The first-order valence-electron chi connectivity index (χ1n) is 10.7. The molecule has 1 amide bonds. The molecule has 0 saturated carbocycles. The topological polar surface area (TPSA) is 53.9 Å². The summed E-state index contributed by atoms with van der Waals surface area (Å²) in [6.07, 6.45) is 6.73. The molecule has 5 nitrogen and oxygen atoms in total. The summed E-state index contributed by atoms with van der Waals surface area (Å²) in [4.78, 5) is 21.5. The van der Waals surface area contributed by atoms with Gasteiger partial charge in [-0.3, -0.25) is 10.1 Å². The highest BCUT2D eigenvalue weighted by atomic mass is 32.1. The number of allylic oxidation sites excluding steroid dienone is 3. The number of aryl methyl sites for hydroxylation is 1. The standard InChI is InChI=1S/C13H19N3O2S.C6H12.C3H6.C2H6/c1-9-6-7-11(19-9)13(17)16-8-4-5-10(16)12(14-2)18-15-3;1-4-5-6(2)3;1-3-2;1-2/h6-7,10,12,14H,3-5,8H2,1-2H3;5H,4H2,1-3H3;3H,1H2,2H3;1-2H3. The smallest absolute Gasteiger partial charge is 0.264 e. The van der Waals surface area contributed by atoms with E-state index >= 15 is 0 Å². The molecule has 1 aromatic rings. The van der Waals surface area contributed by atoms with Gasteiger partial charge in [0.15, 0.2) is 6.23 Å². The molecule has 0 aromatic carbocycles. The molecular weight excluding hydrogens is 394 g/mol. The number of rotatable bonds is 6. The Morgan fingerprint density at radius 3 is 2.40 bits per heavy atom. The van der Waals surface area contributed by atoms with E-state index in [1.54, 1.807) is 13.1 Å². The molecule has 1 fully saturated rings. The van der Waals surface area contributed by atoms with Gasteiger partial charge in [-0.1, -0.05) is 38.5 Å². The minimum Gasteiger partial charge on any atom is -0.375 e. The van der Waals surface area contributed by atoms with E-state index in [1.807, 2.05) is 44.7 Å². The van der Waals surface area contributed by atoms with Gasteiger partial charge in [-0.05, 0) is 66.1 Å². The van der Waals surface area contributed by atoms with Crippen LogP contribution in [0.3, 0.4) is 0 Å². The van der Waals surface area contributed by atoms with Gasteiger partial charge in [0.25, 0.3) is 5.91 Å². The molecular formula is C24H43N3O2S. The van der Waals surface area contributed by atoms with Crippen LogP contribution in [-0.2, 0) is 4.84 Å². The summed E-state index contributed by atoms with van der Waals surface area (Å²) in [6.45, 7) is 21.7. The van der Waals surface area contributed by atoms with Crippen LogP contribution in [0.5, 0.6) is 0 Å².